The van der Waals surface area contributed by atoms with Gasteiger partial charge in [0.1, 0.15) is 0 Å². The molecule has 174 valence electrons. The normalized spacial score (nSPS) is 14.8. The van der Waals surface area contributed by atoms with Crippen molar-refractivity contribution in [3.05, 3.63) is 111 Å². The number of amides is 1. The Bertz CT molecular complexity index is 1140. The summed E-state index contributed by atoms with van der Waals surface area (Å²) in [6, 6.07) is 24.2. The van der Waals surface area contributed by atoms with Gasteiger partial charge in [-0.1, -0.05) is 54.6 Å². The smallest absolute Gasteiger partial charge is 0.278 e. The minimum atomic E-state index is -0.481. The highest BCUT2D eigenvalue weighted by molar-refractivity contribution is 5.95. The second-order valence-electron chi connectivity index (χ2n) is 8.25. The van der Waals surface area contributed by atoms with Crippen LogP contribution in [0.4, 0.5) is 5.69 Å². The maximum Gasteiger partial charge on any atom is 0.278 e. The van der Waals surface area contributed by atoms with E-state index in [-0.39, 0.29) is 11.6 Å². The predicted octanol–water partition coefficient (Wildman–Crippen LogP) is 3.68. The molecule has 1 aliphatic heterocycles. The molecule has 8 heteroatoms. The first-order valence-corrected chi connectivity index (χ1v) is 11.2. The van der Waals surface area contributed by atoms with Crippen LogP contribution >= 0.6 is 0 Å². The number of hydrogen-bond acceptors (Lipinski definition) is 6. The van der Waals surface area contributed by atoms with Crippen molar-refractivity contribution in [1.29, 1.82) is 0 Å². The third-order valence-electron chi connectivity index (χ3n) is 5.84. The minimum absolute atomic E-state index is 0.0641. The van der Waals surface area contributed by atoms with Crippen molar-refractivity contribution in [3.63, 3.8) is 0 Å². The highest BCUT2D eigenvalue weighted by atomic mass is 16.6. The van der Waals surface area contributed by atoms with E-state index in [4.69, 9.17) is 0 Å². The monoisotopic (exact) mass is 457 g/mol. The fourth-order valence-corrected chi connectivity index (χ4v) is 3.95. The van der Waals surface area contributed by atoms with E-state index in [2.05, 4.69) is 44.6 Å². The summed E-state index contributed by atoms with van der Waals surface area (Å²) in [5.41, 5.74) is 5.67. The predicted molar refractivity (Wildman–Crippen MR) is 132 cm³/mol. The molecule has 0 atom stereocenters. The van der Waals surface area contributed by atoms with Crippen LogP contribution in [0.5, 0.6) is 0 Å². The molecule has 0 aromatic heterocycles. The van der Waals surface area contributed by atoms with E-state index in [0.29, 0.717) is 11.1 Å². The van der Waals surface area contributed by atoms with Gasteiger partial charge in [-0.2, -0.15) is 5.10 Å². The molecular weight excluding hydrogens is 430 g/mol. The van der Waals surface area contributed by atoms with Crippen LogP contribution in [-0.2, 0) is 13.1 Å². The zero-order chi connectivity index (χ0) is 23.8. The molecule has 0 bridgehead atoms. The first-order valence-electron chi connectivity index (χ1n) is 11.2. The van der Waals surface area contributed by atoms with Crippen LogP contribution in [0.25, 0.3) is 0 Å². The molecule has 1 aliphatic rings. The molecule has 4 rings (SSSR count). The highest BCUT2D eigenvalue weighted by Gasteiger charge is 2.17. The van der Waals surface area contributed by atoms with E-state index >= 15 is 0 Å². The lowest BCUT2D eigenvalue weighted by Gasteiger charge is -2.34. The molecule has 0 saturated carbocycles. The van der Waals surface area contributed by atoms with Crippen molar-refractivity contribution in [2.24, 2.45) is 5.10 Å². The Kier molecular flexibility index (Phi) is 7.75. The fourth-order valence-electron chi connectivity index (χ4n) is 3.95. The molecule has 0 aliphatic carbocycles. The molecule has 8 nitrogen and oxygen atoms in total. The van der Waals surface area contributed by atoms with E-state index in [0.717, 1.165) is 44.8 Å². The Morgan fingerprint density at radius 1 is 0.853 bits per heavy atom. The lowest BCUT2D eigenvalue weighted by molar-refractivity contribution is -0.385. The minimum Gasteiger partial charge on any atom is -0.297 e. The number of hydrazone groups is 1. The van der Waals surface area contributed by atoms with E-state index < -0.39 is 4.92 Å². The van der Waals surface area contributed by atoms with Crippen molar-refractivity contribution in [2.45, 2.75) is 13.1 Å². The van der Waals surface area contributed by atoms with Crippen LogP contribution in [0, 0.1) is 10.1 Å². The summed E-state index contributed by atoms with van der Waals surface area (Å²) < 4.78 is 0. The number of rotatable bonds is 8. The topological polar surface area (TPSA) is 91.1 Å². The van der Waals surface area contributed by atoms with Crippen LogP contribution in [0.2, 0.25) is 0 Å². The van der Waals surface area contributed by atoms with Gasteiger partial charge in [-0.25, -0.2) is 5.43 Å². The number of nitro benzene ring substituents is 1. The number of para-hydroxylation sites is 1. The number of piperazine rings is 1. The first-order chi connectivity index (χ1) is 16.6. The van der Waals surface area contributed by atoms with Crippen molar-refractivity contribution in [1.82, 2.24) is 15.2 Å². The van der Waals surface area contributed by atoms with Crippen molar-refractivity contribution >= 4 is 17.8 Å². The van der Waals surface area contributed by atoms with E-state index in [1.165, 1.54) is 17.8 Å². The molecule has 1 fully saturated rings. The highest BCUT2D eigenvalue weighted by Crippen LogP contribution is 2.15. The maximum atomic E-state index is 12.4. The molecule has 1 N–H and O–H groups in total. The quantitative estimate of drug-likeness (QED) is 0.317. The summed E-state index contributed by atoms with van der Waals surface area (Å²) in [7, 11) is 0. The van der Waals surface area contributed by atoms with E-state index in [1.54, 1.807) is 30.3 Å². The van der Waals surface area contributed by atoms with Crippen LogP contribution < -0.4 is 5.43 Å². The van der Waals surface area contributed by atoms with Crippen molar-refractivity contribution in [2.75, 3.05) is 26.2 Å². The van der Waals surface area contributed by atoms with Gasteiger partial charge in [-0.05, 0) is 29.3 Å². The zero-order valence-corrected chi connectivity index (χ0v) is 18.8. The van der Waals surface area contributed by atoms with Gasteiger partial charge in [0.2, 0.25) is 0 Å². The SMILES string of the molecule is O=C(N/N=C\c1ccccc1[N+](=O)[O-])c1ccc(CN2CCN(Cc3ccccc3)CC2)cc1. The maximum absolute atomic E-state index is 12.4. The van der Waals surface area contributed by atoms with Crippen LogP contribution in [0.15, 0.2) is 84.0 Å². The average molecular weight is 458 g/mol. The third-order valence-corrected chi connectivity index (χ3v) is 5.84. The Morgan fingerprint density at radius 3 is 2.03 bits per heavy atom. The molecule has 0 spiro atoms. The molecule has 34 heavy (non-hydrogen) atoms. The third kappa shape index (κ3) is 6.34. The van der Waals surface area contributed by atoms with Gasteiger partial charge >= 0.3 is 0 Å². The number of benzene rings is 3. The number of carbonyl (C=O) groups is 1. The summed E-state index contributed by atoms with van der Waals surface area (Å²) in [5.74, 6) is -0.365. The number of nitro groups is 1. The average Bonchev–Trinajstić information content (AvgIpc) is 2.86. The molecule has 1 heterocycles. The Hall–Kier alpha value is -3.88. The number of hydrogen-bond donors (Lipinski definition) is 1. The molecule has 1 amide bonds. The summed E-state index contributed by atoms with van der Waals surface area (Å²) >= 11 is 0. The summed E-state index contributed by atoms with van der Waals surface area (Å²) in [6.45, 7) is 5.92. The molecule has 3 aromatic rings. The molecule has 1 saturated heterocycles. The molecular formula is C26H27N5O3. The van der Waals surface area contributed by atoms with Gasteiger partial charge in [0.25, 0.3) is 11.6 Å². The van der Waals surface area contributed by atoms with Crippen LogP contribution in [-0.4, -0.2) is 53.0 Å². The summed E-state index contributed by atoms with van der Waals surface area (Å²) in [5, 5.41) is 14.9. The number of carbonyl (C=O) groups excluding carboxylic acids is 1. The lowest BCUT2D eigenvalue weighted by atomic mass is 10.1. The summed E-state index contributed by atoms with van der Waals surface area (Å²) in [4.78, 5) is 27.8. The standard InChI is InChI=1S/C26H27N5O3/c32-26(28-27-18-24-8-4-5-9-25(24)31(33)34)23-12-10-22(11-13-23)20-30-16-14-29(15-17-30)19-21-6-2-1-3-7-21/h1-13,18H,14-17,19-20H2,(H,28,32)/b27-18-. The van der Waals surface area contributed by atoms with E-state index in [1.807, 2.05) is 18.2 Å². The van der Waals surface area contributed by atoms with Crippen molar-refractivity contribution < 1.29 is 9.72 Å². The molecule has 3 aromatic carbocycles. The number of nitrogens with zero attached hydrogens (tertiary/aromatic N) is 4. The van der Waals surface area contributed by atoms with Crippen LogP contribution in [0.1, 0.15) is 27.0 Å². The Morgan fingerprint density at radius 2 is 1.41 bits per heavy atom. The molecule has 0 radical (unpaired) electrons. The Balaban J connectivity index is 1.25. The number of nitrogens with one attached hydrogen (secondary N) is 1. The largest absolute Gasteiger partial charge is 0.297 e. The van der Waals surface area contributed by atoms with Gasteiger partial charge in [0.05, 0.1) is 16.7 Å². The second kappa shape index (κ2) is 11.3. The first kappa shape index (κ1) is 23.3. The van der Waals surface area contributed by atoms with Gasteiger partial charge in [-0.15, -0.1) is 0 Å². The van der Waals surface area contributed by atoms with Gasteiger partial charge in [-0.3, -0.25) is 24.7 Å². The van der Waals surface area contributed by atoms with E-state index in [9.17, 15) is 14.9 Å². The van der Waals surface area contributed by atoms with Gasteiger partial charge < -0.3 is 0 Å². The van der Waals surface area contributed by atoms with Crippen LogP contribution in [0.3, 0.4) is 0 Å². The zero-order valence-electron chi connectivity index (χ0n) is 18.8. The van der Waals surface area contributed by atoms with Crippen molar-refractivity contribution in [3.8, 4) is 0 Å². The Labute approximate surface area is 198 Å². The van der Waals surface area contributed by atoms with Gasteiger partial charge in [0.15, 0.2) is 0 Å². The lowest BCUT2D eigenvalue weighted by Crippen LogP contribution is -2.45. The molecule has 0 unspecified atom stereocenters. The van der Waals surface area contributed by atoms with Gasteiger partial charge in [0, 0.05) is 50.9 Å². The fraction of sp³-hybridized carbons (Fsp3) is 0.231. The summed E-state index contributed by atoms with van der Waals surface area (Å²) in [6.07, 6.45) is 1.28. The second-order valence-corrected chi connectivity index (χ2v) is 8.25.